The number of thiophene rings is 1. The number of hydrogen-bond donors (Lipinski definition) is 1. The average Bonchev–Trinajstić information content (AvgIpc) is 3.05. The number of aromatic amines is 1. The number of aromatic nitrogens is 2. The van der Waals surface area contributed by atoms with Crippen LogP contribution in [0.4, 0.5) is 5.95 Å². The zero-order valence-electron chi connectivity index (χ0n) is 11.1. The highest BCUT2D eigenvalue weighted by Crippen LogP contribution is 2.20. The standard InChI is InChI=1S/C15H17N3S/c1-11(10-12-6-5-9-19-12)18(2)15-16-13-7-3-4-8-14(13)17-15/h3-9,11H,10H2,1-2H3,(H,16,17). The molecule has 19 heavy (non-hydrogen) atoms. The van der Waals surface area contributed by atoms with Crippen LogP contribution in [-0.2, 0) is 6.42 Å². The smallest absolute Gasteiger partial charge is 0.203 e. The molecule has 1 atom stereocenters. The number of nitrogens with one attached hydrogen (secondary N) is 1. The van der Waals surface area contributed by atoms with Gasteiger partial charge in [-0.1, -0.05) is 18.2 Å². The molecule has 0 fully saturated rings. The lowest BCUT2D eigenvalue weighted by molar-refractivity contribution is 0.675. The Labute approximate surface area is 116 Å². The number of nitrogens with zero attached hydrogens (tertiary/aromatic N) is 2. The third kappa shape index (κ3) is 2.49. The topological polar surface area (TPSA) is 31.9 Å². The maximum Gasteiger partial charge on any atom is 0.203 e. The summed E-state index contributed by atoms with van der Waals surface area (Å²) in [6.45, 7) is 2.23. The van der Waals surface area contributed by atoms with Crippen LogP contribution in [0.5, 0.6) is 0 Å². The summed E-state index contributed by atoms with van der Waals surface area (Å²) in [5.41, 5.74) is 2.11. The summed E-state index contributed by atoms with van der Waals surface area (Å²) in [6.07, 6.45) is 1.05. The first-order valence-electron chi connectivity index (χ1n) is 6.44. The summed E-state index contributed by atoms with van der Waals surface area (Å²) in [4.78, 5) is 11.6. The van der Waals surface area contributed by atoms with Crippen LogP contribution in [0.2, 0.25) is 0 Å². The molecule has 3 nitrogen and oxygen atoms in total. The van der Waals surface area contributed by atoms with Crippen molar-refractivity contribution in [2.45, 2.75) is 19.4 Å². The van der Waals surface area contributed by atoms with Gasteiger partial charge in [0.25, 0.3) is 0 Å². The van der Waals surface area contributed by atoms with Gasteiger partial charge >= 0.3 is 0 Å². The monoisotopic (exact) mass is 271 g/mol. The van der Waals surface area contributed by atoms with Crippen molar-refractivity contribution in [2.75, 3.05) is 11.9 Å². The van der Waals surface area contributed by atoms with Gasteiger partial charge in [0.15, 0.2) is 0 Å². The fourth-order valence-corrected chi connectivity index (χ4v) is 3.00. The summed E-state index contributed by atoms with van der Waals surface area (Å²) in [5, 5.41) is 2.13. The van der Waals surface area contributed by atoms with Crippen molar-refractivity contribution in [2.24, 2.45) is 0 Å². The molecular weight excluding hydrogens is 254 g/mol. The Bertz CT molecular complexity index is 624. The van der Waals surface area contributed by atoms with Crippen molar-refractivity contribution in [1.29, 1.82) is 0 Å². The SMILES string of the molecule is CC(Cc1cccs1)N(C)c1nc2ccccc2[nH]1. The molecule has 1 N–H and O–H groups in total. The first kappa shape index (κ1) is 12.2. The highest BCUT2D eigenvalue weighted by atomic mass is 32.1. The number of H-pyrrole nitrogens is 1. The first-order valence-corrected chi connectivity index (χ1v) is 7.32. The third-order valence-corrected chi connectivity index (χ3v) is 4.35. The second kappa shape index (κ2) is 5.05. The largest absolute Gasteiger partial charge is 0.342 e. The summed E-state index contributed by atoms with van der Waals surface area (Å²) in [6, 6.07) is 12.8. The summed E-state index contributed by atoms with van der Waals surface area (Å²) >= 11 is 1.81. The van der Waals surface area contributed by atoms with E-state index in [0.717, 1.165) is 23.4 Å². The Kier molecular flexibility index (Phi) is 3.25. The van der Waals surface area contributed by atoms with E-state index in [1.165, 1.54) is 4.88 Å². The Morgan fingerprint density at radius 1 is 1.26 bits per heavy atom. The maximum atomic E-state index is 4.64. The minimum absolute atomic E-state index is 0.416. The molecule has 0 radical (unpaired) electrons. The first-order chi connectivity index (χ1) is 9.24. The van der Waals surface area contributed by atoms with Crippen molar-refractivity contribution >= 4 is 28.3 Å². The molecule has 0 saturated heterocycles. The second-order valence-electron chi connectivity index (χ2n) is 4.82. The lowest BCUT2D eigenvalue weighted by atomic mass is 10.2. The molecule has 4 heteroatoms. The maximum absolute atomic E-state index is 4.64. The van der Waals surface area contributed by atoms with E-state index in [1.807, 2.05) is 29.5 Å². The molecular formula is C15H17N3S. The predicted octanol–water partition coefficient (Wildman–Crippen LogP) is 3.69. The van der Waals surface area contributed by atoms with Crippen molar-refractivity contribution in [3.63, 3.8) is 0 Å². The fourth-order valence-electron chi connectivity index (χ4n) is 2.17. The van der Waals surface area contributed by atoms with Crippen LogP contribution < -0.4 is 4.90 Å². The van der Waals surface area contributed by atoms with Crippen molar-refractivity contribution < 1.29 is 0 Å². The molecule has 2 aromatic heterocycles. The van der Waals surface area contributed by atoms with Gasteiger partial charge < -0.3 is 9.88 Å². The highest BCUT2D eigenvalue weighted by molar-refractivity contribution is 7.09. The molecule has 3 aromatic rings. The van der Waals surface area contributed by atoms with Crippen LogP contribution in [0.15, 0.2) is 41.8 Å². The molecule has 3 rings (SSSR count). The summed E-state index contributed by atoms with van der Waals surface area (Å²) in [5.74, 6) is 0.935. The van der Waals surface area contributed by atoms with Crippen LogP contribution in [0.25, 0.3) is 11.0 Å². The molecule has 1 unspecified atom stereocenters. The number of anilines is 1. The molecule has 0 aliphatic heterocycles. The number of rotatable bonds is 4. The van der Waals surface area contributed by atoms with Crippen LogP contribution in [0, 0.1) is 0 Å². The van der Waals surface area contributed by atoms with Gasteiger partial charge in [-0.2, -0.15) is 0 Å². The zero-order chi connectivity index (χ0) is 13.2. The van der Waals surface area contributed by atoms with Gasteiger partial charge in [-0.25, -0.2) is 4.98 Å². The van der Waals surface area contributed by atoms with Crippen molar-refractivity contribution in [3.8, 4) is 0 Å². The van der Waals surface area contributed by atoms with E-state index in [9.17, 15) is 0 Å². The van der Waals surface area contributed by atoms with Gasteiger partial charge in [0.2, 0.25) is 5.95 Å². The molecule has 0 spiro atoms. The number of imidazole rings is 1. The van der Waals surface area contributed by atoms with E-state index in [4.69, 9.17) is 0 Å². The van der Waals surface area contributed by atoms with Gasteiger partial charge in [0, 0.05) is 24.4 Å². The molecule has 0 amide bonds. The van der Waals surface area contributed by atoms with Gasteiger partial charge in [-0.15, -0.1) is 11.3 Å². The van der Waals surface area contributed by atoms with E-state index in [1.54, 1.807) is 0 Å². The molecule has 0 aliphatic carbocycles. The minimum Gasteiger partial charge on any atom is -0.342 e. The normalized spacial score (nSPS) is 12.7. The van der Waals surface area contributed by atoms with Crippen LogP contribution >= 0.6 is 11.3 Å². The third-order valence-electron chi connectivity index (χ3n) is 3.45. The van der Waals surface area contributed by atoms with Crippen LogP contribution in [0.3, 0.4) is 0 Å². The quantitative estimate of drug-likeness (QED) is 0.784. The molecule has 1 aromatic carbocycles. The van der Waals surface area contributed by atoms with Gasteiger partial charge in [-0.05, 0) is 30.5 Å². The Morgan fingerprint density at radius 2 is 2.11 bits per heavy atom. The van der Waals surface area contributed by atoms with E-state index >= 15 is 0 Å². The lowest BCUT2D eigenvalue weighted by Crippen LogP contribution is -2.31. The number of benzene rings is 1. The van der Waals surface area contributed by atoms with Crippen LogP contribution in [0.1, 0.15) is 11.8 Å². The van der Waals surface area contributed by atoms with Gasteiger partial charge in [0.05, 0.1) is 11.0 Å². The van der Waals surface area contributed by atoms with E-state index in [-0.39, 0.29) is 0 Å². The Balaban J connectivity index is 1.80. The number of para-hydroxylation sites is 2. The van der Waals surface area contributed by atoms with Crippen molar-refractivity contribution in [1.82, 2.24) is 9.97 Å². The number of likely N-dealkylation sites (N-methyl/N-ethyl adjacent to an activating group) is 1. The van der Waals surface area contributed by atoms with Gasteiger partial charge in [-0.3, -0.25) is 0 Å². The van der Waals surface area contributed by atoms with Gasteiger partial charge in [0.1, 0.15) is 0 Å². The van der Waals surface area contributed by atoms with E-state index in [2.05, 4.69) is 52.4 Å². The molecule has 0 aliphatic rings. The average molecular weight is 271 g/mol. The van der Waals surface area contributed by atoms with Crippen molar-refractivity contribution in [3.05, 3.63) is 46.7 Å². The Hall–Kier alpha value is -1.81. The molecule has 0 bridgehead atoms. The van der Waals surface area contributed by atoms with E-state index < -0.39 is 0 Å². The minimum atomic E-state index is 0.416. The molecule has 98 valence electrons. The Morgan fingerprint density at radius 3 is 2.84 bits per heavy atom. The van der Waals surface area contributed by atoms with Crippen LogP contribution in [-0.4, -0.2) is 23.1 Å². The molecule has 0 saturated carbocycles. The summed E-state index contributed by atoms with van der Waals surface area (Å²) in [7, 11) is 2.09. The number of hydrogen-bond acceptors (Lipinski definition) is 3. The second-order valence-corrected chi connectivity index (χ2v) is 5.85. The lowest BCUT2D eigenvalue weighted by Gasteiger charge is -2.23. The zero-order valence-corrected chi connectivity index (χ0v) is 11.9. The predicted molar refractivity (Wildman–Crippen MR) is 82.0 cm³/mol. The highest BCUT2D eigenvalue weighted by Gasteiger charge is 2.14. The molecule has 2 heterocycles. The van der Waals surface area contributed by atoms with E-state index in [0.29, 0.717) is 6.04 Å². The number of fused-ring (bicyclic) bond motifs is 1. The fraction of sp³-hybridized carbons (Fsp3) is 0.267. The summed E-state index contributed by atoms with van der Waals surface area (Å²) < 4.78 is 0.